The summed E-state index contributed by atoms with van der Waals surface area (Å²) in [4.78, 5) is 25.3. The van der Waals surface area contributed by atoms with Crippen molar-refractivity contribution in [1.82, 2.24) is 14.9 Å². The number of aromatic nitrogens is 2. The summed E-state index contributed by atoms with van der Waals surface area (Å²) in [7, 11) is -3.49. The molecule has 11 heteroatoms. The largest absolute Gasteiger partial charge is 0.371 e. The molecular formula is C20H23ClFN5O3S. The smallest absolute Gasteiger partial charge is 0.245 e. The lowest BCUT2D eigenvalue weighted by Gasteiger charge is -2.36. The van der Waals surface area contributed by atoms with Gasteiger partial charge in [0, 0.05) is 31.9 Å². The van der Waals surface area contributed by atoms with Crippen LogP contribution >= 0.6 is 11.6 Å². The molecule has 1 amide bonds. The van der Waals surface area contributed by atoms with E-state index in [4.69, 9.17) is 11.6 Å². The van der Waals surface area contributed by atoms with Gasteiger partial charge in [-0.05, 0) is 37.5 Å². The number of anilines is 2. The third-order valence-corrected chi connectivity index (χ3v) is 7.04. The van der Waals surface area contributed by atoms with E-state index in [0.29, 0.717) is 23.9 Å². The molecule has 4 rings (SSSR count). The number of carbonyl (C=O) groups is 1. The minimum Gasteiger partial charge on any atom is -0.371 e. The van der Waals surface area contributed by atoms with Crippen LogP contribution in [0.4, 0.5) is 16.0 Å². The van der Waals surface area contributed by atoms with Crippen molar-refractivity contribution in [2.75, 3.05) is 36.1 Å². The number of nitrogens with zero attached hydrogens (tertiary/aromatic N) is 4. The van der Waals surface area contributed by atoms with Crippen molar-refractivity contribution in [2.24, 2.45) is 0 Å². The van der Waals surface area contributed by atoms with Crippen LogP contribution in [-0.4, -0.2) is 67.2 Å². The second-order valence-corrected chi connectivity index (χ2v) is 10.3. The summed E-state index contributed by atoms with van der Waals surface area (Å²) in [5.74, 6) is -0.124. The van der Waals surface area contributed by atoms with Crippen molar-refractivity contribution in [3.63, 3.8) is 0 Å². The topological polar surface area (TPSA) is 95.5 Å². The molecule has 0 aliphatic carbocycles. The number of carbonyl (C=O) groups excluding carboxylic acids is 1. The van der Waals surface area contributed by atoms with E-state index in [0.717, 1.165) is 38.3 Å². The lowest BCUT2D eigenvalue weighted by Crippen LogP contribution is -2.47. The Bertz CT molecular complexity index is 1070. The van der Waals surface area contributed by atoms with E-state index in [1.165, 1.54) is 12.1 Å². The molecule has 3 heterocycles. The lowest BCUT2D eigenvalue weighted by molar-refractivity contribution is -0.130. The molecule has 0 spiro atoms. The summed E-state index contributed by atoms with van der Waals surface area (Å²) in [6.45, 7) is 2.06. The highest BCUT2D eigenvalue weighted by molar-refractivity contribution is 7.90. The molecule has 0 bridgehead atoms. The highest BCUT2D eigenvalue weighted by atomic mass is 35.5. The van der Waals surface area contributed by atoms with E-state index in [2.05, 4.69) is 20.2 Å². The zero-order chi connectivity index (χ0) is 22.2. The highest BCUT2D eigenvalue weighted by Crippen LogP contribution is 2.27. The van der Waals surface area contributed by atoms with Gasteiger partial charge in [-0.3, -0.25) is 4.79 Å². The van der Waals surface area contributed by atoms with Crippen LogP contribution in [0.2, 0.25) is 5.02 Å². The van der Waals surface area contributed by atoms with Gasteiger partial charge in [-0.15, -0.1) is 0 Å². The monoisotopic (exact) mass is 467 g/mol. The van der Waals surface area contributed by atoms with Crippen molar-refractivity contribution < 1.29 is 17.6 Å². The predicted octanol–water partition coefficient (Wildman–Crippen LogP) is 2.35. The van der Waals surface area contributed by atoms with Crippen LogP contribution in [0, 0.1) is 5.82 Å². The maximum Gasteiger partial charge on any atom is 0.245 e. The molecule has 1 aromatic carbocycles. The van der Waals surface area contributed by atoms with E-state index in [1.807, 2.05) is 4.90 Å². The van der Waals surface area contributed by atoms with Crippen LogP contribution in [0.1, 0.15) is 19.3 Å². The van der Waals surface area contributed by atoms with Crippen molar-refractivity contribution in [2.45, 2.75) is 36.2 Å². The van der Waals surface area contributed by atoms with Crippen LogP contribution in [0.5, 0.6) is 0 Å². The molecule has 0 unspecified atom stereocenters. The van der Waals surface area contributed by atoms with Gasteiger partial charge < -0.3 is 15.1 Å². The van der Waals surface area contributed by atoms with Crippen LogP contribution in [0.3, 0.4) is 0 Å². The summed E-state index contributed by atoms with van der Waals surface area (Å²) in [5, 5.41) is 3.43. The van der Waals surface area contributed by atoms with Crippen molar-refractivity contribution in [3.8, 4) is 0 Å². The first kappa shape index (κ1) is 21.8. The number of nitrogens with one attached hydrogen (secondary N) is 1. The molecule has 1 N–H and O–H groups in total. The normalized spacial score (nSPS) is 20.4. The molecule has 1 atom stereocenters. The third-order valence-electron chi connectivity index (χ3n) is 5.73. The molecule has 0 radical (unpaired) electrons. The van der Waals surface area contributed by atoms with Gasteiger partial charge in [-0.1, -0.05) is 11.6 Å². The van der Waals surface area contributed by atoms with Crippen LogP contribution in [0.25, 0.3) is 0 Å². The zero-order valence-electron chi connectivity index (χ0n) is 17.0. The number of amides is 1. The first-order chi connectivity index (χ1) is 14.7. The molecule has 2 aliphatic heterocycles. The van der Waals surface area contributed by atoms with Crippen molar-refractivity contribution in [3.05, 3.63) is 41.4 Å². The lowest BCUT2D eigenvalue weighted by atomic mass is 10.0. The molecule has 166 valence electrons. The Balaban J connectivity index is 1.36. The Hall–Kier alpha value is -2.46. The van der Waals surface area contributed by atoms with E-state index < -0.39 is 21.7 Å². The molecule has 8 nitrogen and oxygen atoms in total. The molecule has 0 saturated carbocycles. The van der Waals surface area contributed by atoms with E-state index in [9.17, 15) is 17.6 Å². The zero-order valence-corrected chi connectivity index (χ0v) is 18.5. The number of rotatable bonds is 5. The quantitative estimate of drug-likeness (QED) is 0.721. The highest BCUT2D eigenvalue weighted by Gasteiger charge is 2.37. The SMILES string of the molecule is CS(=O)(=O)c1ccc(N[C@H]2CCN(C3CCN(c4ncc(Cl)cn4)CC3)C2=O)c(F)c1. The number of hydrogen-bond acceptors (Lipinski definition) is 7. The summed E-state index contributed by atoms with van der Waals surface area (Å²) in [6, 6.07) is 3.26. The van der Waals surface area contributed by atoms with Crippen LogP contribution in [-0.2, 0) is 14.6 Å². The minimum atomic E-state index is -3.49. The summed E-state index contributed by atoms with van der Waals surface area (Å²) < 4.78 is 37.5. The second kappa shape index (κ2) is 8.58. The number of likely N-dealkylation sites (tertiary alicyclic amines) is 1. The molecule has 2 saturated heterocycles. The van der Waals surface area contributed by atoms with E-state index in [-0.39, 0.29) is 22.5 Å². The Labute approximate surface area is 185 Å². The van der Waals surface area contributed by atoms with Gasteiger partial charge in [0.25, 0.3) is 0 Å². The fourth-order valence-electron chi connectivity index (χ4n) is 4.08. The number of benzene rings is 1. The number of sulfone groups is 1. The molecule has 2 aliphatic rings. The Kier molecular flexibility index (Phi) is 6.02. The molecular weight excluding hydrogens is 445 g/mol. The fourth-order valence-corrected chi connectivity index (χ4v) is 4.81. The minimum absolute atomic E-state index is 0.0622. The summed E-state index contributed by atoms with van der Waals surface area (Å²) >= 11 is 5.84. The van der Waals surface area contributed by atoms with Gasteiger partial charge in [0.2, 0.25) is 11.9 Å². The predicted molar refractivity (Wildman–Crippen MR) is 116 cm³/mol. The van der Waals surface area contributed by atoms with Crippen LogP contribution < -0.4 is 10.2 Å². The molecule has 31 heavy (non-hydrogen) atoms. The average Bonchev–Trinajstić information content (AvgIpc) is 3.10. The number of piperidine rings is 1. The maximum atomic E-state index is 14.4. The summed E-state index contributed by atoms with van der Waals surface area (Å²) in [5.41, 5.74) is 0.127. The van der Waals surface area contributed by atoms with Crippen molar-refractivity contribution >= 4 is 39.0 Å². The number of hydrogen-bond donors (Lipinski definition) is 1. The van der Waals surface area contributed by atoms with Gasteiger partial charge in [-0.2, -0.15) is 0 Å². The third kappa shape index (κ3) is 4.74. The van der Waals surface area contributed by atoms with Gasteiger partial charge in [0.15, 0.2) is 9.84 Å². The Morgan fingerprint density at radius 1 is 1.13 bits per heavy atom. The fraction of sp³-hybridized carbons (Fsp3) is 0.450. The Morgan fingerprint density at radius 2 is 1.81 bits per heavy atom. The Morgan fingerprint density at radius 3 is 2.42 bits per heavy atom. The standard InChI is InChI=1S/C20H23ClFN5O3S/c1-31(29,30)15-2-3-17(16(22)10-15)25-18-6-9-27(19(18)28)14-4-7-26(8-5-14)20-23-11-13(21)12-24-20/h2-3,10-12,14,18,25H,4-9H2,1H3/t18-/m0/s1. The van der Waals surface area contributed by atoms with Crippen LogP contribution in [0.15, 0.2) is 35.5 Å². The molecule has 1 aromatic heterocycles. The first-order valence-corrected chi connectivity index (χ1v) is 12.3. The second-order valence-electron chi connectivity index (χ2n) is 7.85. The number of halogens is 2. The summed E-state index contributed by atoms with van der Waals surface area (Å²) in [6.07, 6.45) is 6.31. The maximum absolute atomic E-state index is 14.4. The van der Waals surface area contributed by atoms with Crippen molar-refractivity contribution in [1.29, 1.82) is 0 Å². The first-order valence-electron chi connectivity index (χ1n) is 10.0. The van der Waals surface area contributed by atoms with Gasteiger partial charge >= 0.3 is 0 Å². The van der Waals surface area contributed by atoms with Gasteiger partial charge in [-0.25, -0.2) is 22.8 Å². The average molecular weight is 468 g/mol. The molecule has 2 fully saturated rings. The van der Waals surface area contributed by atoms with Gasteiger partial charge in [0.1, 0.15) is 11.9 Å². The molecule has 2 aromatic rings. The van der Waals surface area contributed by atoms with E-state index in [1.54, 1.807) is 12.4 Å². The van der Waals surface area contributed by atoms with E-state index >= 15 is 0 Å². The van der Waals surface area contributed by atoms with Gasteiger partial charge in [0.05, 0.1) is 28.0 Å².